The largest absolute Gasteiger partial charge is 0.316 e. The molecule has 1 rings (SSSR count). The van der Waals surface area contributed by atoms with Crippen LogP contribution in [0.4, 0.5) is 4.39 Å². The number of nitrogens with one attached hydrogen (secondary N) is 1. The first kappa shape index (κ1) is 18.2. The molecule has 1 aromatic carbocycles. The quantitative estimate of drug-likeness (QED) is 0.636. The average molecular weight is 293 g/mol. The molecule has 0 heterocycles. The van der Waals surface area contributed by atoms with Crippen molar-refractivity contribution < 1.29 is 4.39 Å². The third-order valence-electron chi connectivity index (χ3n) is 4.27. The summed E-state index contributed by atoms with van der Waals surface area (Å²) in [6, 6.07) is 7.21. The molecular formula is C19H32FN. The van der Waals surface area contributed by atoms with Crippen molar-refractivity contribution >= 4 is 0 Å². The normalized spacial score (nSPS) is 13.1. The molecule has 0 radical (unpaired) electrons. The van der Waals surface area contributed by atoms with Crippen LogP contribution in [0.5, 0.6) is 0 Å². The van der Waals surface area contributed by atoms with E-state index in [-0.39, 0.29) is 5.82 Å². The van der Waals surface area contributed by atoms with E-state index >= 15 is 0 Å². The van der Waals surface area contributed by atoms with Gasteiger partial charge in [-0.3, -0.25) is 0 Å². The van der Waals surface area contributed by atoms with Gasteiger partial charge in [-0.25, -0.2) is 4.39 Å². The highest BCUT2D eigenvalue weighted by molar-refractivity contribution is 5.17. The molecule has 2 heteroatoms. The lowest BCUT2D eigenvalue weighted by Gasteiger charge is -2.23. The summed E-state index contributed by atoms with van der Waals surface area (Å²) in [7, 11) is 0. The molecule has 0 saturated carbocycles. The van der Waals surface area contributed by atoms with E-state index < -0.39 is 0 Å². The van der Waals surface area contributed by atoms with Crippen molar-refractivity contribution in [3.8, 4) is 0 Å². The van der Waals surface area contributed by atoms with Crippen molar-refractivity contribution in [1.29, 1.82) is 0 Å². The summed E-state index contributed by atoms with van der Waals surface area (Å²) in [5.41, 5.74) is 0.861. The maximum absolute atomic E-state index is 13.9. The fraction of sp³-hybridized carbons (Fsp3) is 0.684. The number of benzene rings is 1. The van der Waals surface area contributed by atoms with Crippen LogP contribution in [-0.2, 0) is 6.42 Å². The van der Waals surface area contributed by atoms with Crippen molar-refractivity contribution in [2.45, 2.75) is 53.4 Å². The SMILES string of the molecule is CCC(CC)CC(CNCC(C)C)Cc1ccccc1F. The molecular weight excluding hydrogens is 261 g/mol. The van der Waals surface area contributed by atoms with Gasteiger partial charge in [-0.15, -0.1) is 0 Å². The monoisotopic (exact) mass is 293 g/mol. The van der Waals surface area contributed by atoms with Crippen molar-refractivity contribution in [3.05, 3.63) is 35.6 Å². The van der Waals surface area contributed by atoms with Crippen LogP contribution in [-0.4, -0.2) is 13.1 Å². The van der Waals surface area contributed by atoms with E-state index in [4.69, 9.17) is 0 Å². The van der Waals surface area contributed by atoms with Crippen molar-refractivity contribution in [2.75, 3.05) is 13.1 Å². The van der Waals surface area contributed by atoms with Gasteiger partial charge in [-0.2, -0.15) is 0 Å². The summed E-state index contributed by atoms with van der Waals surface area (Å²) in [6.45, 7) is 11.0. The summed E-state index contributed by atoms with van der Waals surface area (Å²) in [5.74, 6) is 1.87. The van der Waals surface area contributed by atoms with Gasteiger partial charge in [0.25, 0.3) is 0 Å². The zero-order valence-corrected chi connectivity index (χ0v) is 14.2. The molecule has 0 aliphatic rings. The third kappa shape index (κ3) is 7.08. The first-order chi connectivity index (χ1) is 10.1. The standard InChI is InChI=1S/C19H32FN/c1-5-16(6-2)11-17(14-21-13-15(3)4)12-18-9-7-8-10-19(18)20/h7-10,15-17,21H,5-6,11-14H2,1-4H3. The molecule has 1 aromatic rings. The van der Waals surface area contributed by atoms with Gasteiger partial charge >= 0.3 is 0 Å². The Morgan fingerprint density at radius 3 is 2.24 bits per heavy atom. The Hall–Kier alpha value is -0.890. The lowest BCUT2D eigenvalue weighted by Crippen LogP contribution is -2.29. The van der Waals surface area contributed by atoms with Crippen LogP contribution in [0.1, 0.15) is 52.5 Å². The smallest absolute Gasteiger partial charge is 0.126 e. The minimum absolute atomic E-state index is 0.0593. The van der Waals surface area contributed by atoms with Gasteiger partial charge in [0.15, 0.2) is 0 Å². The highest BCUT2D eigenvalue weighted by Gasteiger charge is 2.16. The molecule has 1 N–H and O–H groups in total. The van der Waals surface area contributed by atoms with E-state index in [2.05, 4.69) is 33.0 Å². The molecule has 0 amide bonds. The number of rotatable bonds is 10. The molecule has 0 fully saturated rings. The molecule has 0 spiro atoms. The Kier molecular flexibility index (Phi) is 8.60. The van der Waals surface area contributed by atoms with Gasteiger partial charge in [0, 0.05) is 0 Å². The van der Waals surface area contributed by atoms with Crippen LogP contribution in [0.15, 0.2) is 24.3 Å². The molecule has 21 heavy (non-hydrogen) atoms. The van der Waals surface area contributed by atoms with Crippen molar-refractivity contribution in [2.24, 2.45) is 17.8 Å². The molecule has 0 aliphatic heterocycles. The van der Waals surface area contributed by atoms with E-state index in [0.717, 1.165) is 31.0 Å². The molecule has 0 aliphatic carbocycles. The number of hydrogen-bond donors (Lipinski definition) is 1. The van der Waals surface area contributed by atoms with Gasteiger partial charge in [0.05, 0.1) is 0 Å². The van der Waals surface area contributed by atoms with Gasteiger partial charge < -0.3 is 5.32 Å². The highest BCUT2D eigenvalue weighted by atomic mass is 19.1. The zero-order chi connectivity index (χ0) is 15.7. The minimum atomic E-state index is -0.0593. The first-order valence-electron chi connectivity index (χ1n) is 8.50. The van der Waals surface area contributed by atoms with Crippen LogP contribution in [0, 0.1) is 23.6 Å². The van der Waals surface area contributed by atoms with Crippen LogP contribution in [0.3, 0.4) is 0 Å². The molecule has 1 unspecified atom stereocenters. The van der Waals surface area contributed by atoms with Crippen LogP contribution in [0.25, 0.3) is 0 Å². The lowest BCUT2D eigenvalue weighted by molar-refractivity contribution is 0.331. The molecule has 1 nitrogen and oxygen atoms in total. The van der Waals surface area contributed by atoms with E-state index in [9.17, 15) is 4.39 Å². The average Bonchev–Trinajstić information content (AvgIpc) is 2.46. The van der Waals surface area contributed by atoms with E-state index in [0.29, 0.717) is 11.8 Å². The molecule has 0 bridgehead atoms. The van der Waals surface area contributed by atoms with Gasteiger partial charge in [-0.1, -0.05) is 58.7 Å². The fourth-order valence-corrected chi connectivity index (χ4v) is 2.88. The Morgan fingerprint density at radius 1 is 1.00 bits per heavy atom. The summed E-state index contributed by atoms with van der Waals surface area (Å²) in [6.07, 6.45) is 4.46. The summed E-state index contributed by atoms with van der Waals surface area (Å²) >= 11 is 0. The second-order valence-electron chi connectivity index (χ2n) is 6.63. The van der Waals surface area contributed by atoms with Crippen LogP contribution >= 0.6 is 0 Å². The Morgan fingerprint density at radius 2 is 1.67 bits per heavy atom. The van der Waals surface area contributed by atoms with Crippen LogP contribution < -0.4 is 5.32 Å². The molecule has 120 valence electrons. The predicted molar refractivity (Wildman–Crippen MR) is 90.0 cm³/mol. The number of hydrogen-bond acceptors (Lipinski definition) is 1. The van der Waals surface area contributed by atoms with E-state index in [1.165, 1.54) is 19.3 Å². The lowest BCUT2D eigenvalue weighted by atomic mass is 9.86. The zero-order valence-electron chi connectivity index (χ0n) is 14.2. The Labute approximate surface area is 130 Å². The van der Waals surface area contributed by atoms with Gasteiger partial charge in [0.1, 0.15) is 5.82 Å². The summed E-state index contributed by atoms with van der Waals surface area (Å²) < 4.78 is 13.9. The van der Waals surface area contributed by atoms with Crippen molar-refractivity contribution in [3.63, 3.8) is 0 Å². The van der Waals surface area contributed by atoms with Gasteiger partial charge in [-0.05, 0) is 55.3 Å². The Balaban J connectivity index is 2.64. The predicted octanol–water partition coefficient (Wildman–Crippen LogP) is 5.06. The highest BCUT2D eigenvalue weighted by Crippen LogP contribution is 2.23. The van der Waals surface area contributed by atoms with Crippen molar-refractivity contribution in [1.82, 2.24) is 5.32 Å². The Bertz CT molecular complexity index is 385. The van der Waals surface area contributed by atoms with Crippen LogP contribution in [0.2, 0.25) is 0 Å². The topological polar surface area (TPSA) is 12.0 Å². The van der Waals surface area contributed by atoms with E-state index in [1.54, 1.807) is 12.1 Å². The van der Waals surface area contributed by atoms with E-state index in [1.807, 2.05) is 12.1 Å². The maximum Gasteiger partial charge on any atom is 0.126 e. The summed E-state index contributed by atoms with van der Waals surface area (Å²) in [5, 5.41) is 3.56. The fourth-order valence-electron chi connectivity index (χ4n) is 2.88. The minimum Gasteiger partial charge on any atom is -0.316 e. The molecule has 1 atom stereocenters. The summed E-state index contributed by atoms with van der Waals surface area (Å²) in [4.78, 5) is 0. The van der Waals surface area contributed by atoms with Gasteiger partial charge in [0.2, 0.25) is 0 Å². The number of halogens is 1. The molecule has 0 saturated heterocycles. The second kappa shape index (κ2) is 9.94. The third-order valence-corrected chi connectivity index (χ3v) is 4.27. The molecule has 0 aromatic heterocycles. The maximum atomic E-state index is 13.9. The second-order valence-corrected chi connectivity index (χ2v) is 6.63. The first-order valence-corrected chi connectivity index (χ1v) is 8.50.